The van der Waals surface area contributed by atoms with Gasteiger partial charge in [0.15, 0.2) is 6.29 Å². The number of carbonyl (C=O) groups is 1. The summed E-state index contributed by atoms with van der Waals surface area (Å²) in [7, 11) is 0. The van der Waals surface area contributed by atoms with Gasteiger partial charge in [0.1, 0.15) is 6.29 Å². The average molecular weight is 216 g/mol. The van der Waals surface area contributed by atoms with Gasteiger partial charge in [-0.2, -0.15) is 0 Å². The van der Waals surface area contributed by atoms with Crippen molar-refractivity contribution in [3.05, 3.63) is 35.4 Å². The molecule has 0 saturated carbocycles. The van der Waals surface area contributed by atoms with E-state index < -0.39 is 0 Å². The van der Waals surface area contributed by atoms with Crippen LogP contribution in [0.4, 0.5) is 0 Å². The first-order valence-corrected chi connectivity index (χ1v) is 5.16. The lowest BCUT2D eigenvalue weighted by atomic mass is 10.1. The zero-order chi connectivity index (χ0) is 11.2. The van der Waals surface area contributed by atoms with E-state index in [0.717, 1.165) is 17.4 Å². The fourth-order valence-corrected chi connectivity index (χ4v) is 1.54. The van der Waals surface area contributed by atoms with Crippen LogP contribution in [0, 0.1) is 11.8 Å². The minimum absolute atomic E-state index is 0.251. The molecule has 0 amide bonds. The molecule has 1 aromatic carbocycles. The first-order valence-electron chi connectivity index (χ1n) is 5.16. The fraction of sp³-hybridized carbons (Fsp3) is 0.308. The maximum atomic E-state index is 10.2. The van der Waals surface area contributed by atoms with Gasteiger partial charge in [-0.3, -0.25) is 0 Å². The highest BCUT2D eigenvalue weighted by Gasteiger charge is 2.20. The molecule has 0 unspecified atom stereocenters. The number of ether oxygens (including phenoxy) is 2. The van der Waals surface area contributed by atoms with Crippen molar-refractivity contribution in [1.82, 2.24) is 0 Å². The third kappa shape index (κ3) is 2.48. The van der Waals surface area contributed by atoms with Crippen molar-refractivity contribution in [1.29, 1.82) is 0 Å². The number of rotatable bonds is 2. The third-order valence-electron chi connectivity index (χ3n) is 2.24. The lowest BCUT2D eigenvalue weighted by molar-refractivity contribution is -0.107. The molecule has 0 bridgehead atoms. The van der Waals surface area contributed by atoms with E-state index in [1.54, 1.807) is 0 Å². The lowest BCUT2D eigenvalue weighted by Crippen LogP contribution is -2.00. The van der Waals surface area contributed by atoms with Crippen LogP contribution in [0.25, 0.3) is 0 Å². The summed E-state index contributed by atoms with van der Waals surface area (Å²) in [5.41, 5.74) is 1.79. The fourth-order valence-electron chi connectivity index (χ4n) is 1.54. The maximum absolute atomic E-state index is 10.2. The van der Waals surface area contributed by atoms with Crippen LogP contribution in [0.5, 0.6) is 0 Å². The smallest absolute Gasteiger partial charge is 0.185 e. The van der Waals surface area contributed by atoms with E-state index in [1.165, 1.54) is 0 Å². The van der Waals surface area contributed by atoms with Crippen LogP contribution >= 0.6 is 0 Å². The van der Waals surface area contributed by atoms with E-state index in [0.29, 0.717) is 13.2 Å². The van der Waals surface area contributed by atoms with E-state index in [1.807, 2.05) is 24.3 Å². The van der Waals surface area contributed by atoms with Crippen molar-refractivity contribution in [3.8, 4) is 11.8 Å². The highest BCUT2D eigenvalue weighted by atomic mass is 16.7. The van der Waals surface area contributed by atoms with Gasteiger partial charge in [0.2, 0.25) is 0 Å². The minimum atomic E-state index is -0.318. The van der Waals surface area contributed by atoms with Gasteiger partial charge in [0.25, 0.3) is 0 Å². The van der Waals surface area contributed by atoms with Crippen molar-refractivity contribution in [2.45, 2.75) is 12.7 Å². The van der Waals surface area contributed by atoms with E-state index in [4.69, 9.17) is 9.47 Å². The molecule has 16 heavy (non-hydrogen) atoms. The summed E-state index contributed by atoms with van der Waals surface area (Å²) in [4.78, 5) is 10.2. The number of hydrogen-bond acceptors (Lipinski definition) is 3. The van der Waals surface area contributed by atoms with Gasteiger partial charge in [-0.1, -0.05) is 30.0 Å². The van der Waals surface area contributed by atoms with Crippen LogP contribution in [0.1, 0.15) is 23.8 Å². The quantitative estimate of drug-likeness (QED) is 0.557. The summed E-state index contributed by atoms with van der Waals surface area (Å²) in [5.74, 6) is 5.74. The zero-order valence-corrected chi connectivity index (χ0v) is 8.81. The molecule has 0 N–H and O–H groups in total. The summed E-state index contributed by atoms with van der Waals surface area (Å²) in [6, 6.07) is 7.66. The third-order valence-corrected chi connectivity index (χ3v) is 2.24. The van der Waals surface area contributed by atoms with Gasteiger partial charge < -0.3 is 14.3 Å². The Morgan fingerprint density at radius 3 is 2.81 bits per heavy atom. The maximum Gasteiger partial charge on any atom is 0.185 e. The Kier molecular flexibility index (Phi) is 3.71. The molecule has 1 aromatic rings. The van der Waals surface area contributed by atoms with E-state index in [2.05, 4.69) is 11.8 Å². The first-order chi connectivity index (χ1) is 7.92. The lowest BCUT2D eigenvalue weighted by Gasteiger charge is -2.10. The predicted octanol–water partition coefficient (Wildman–Crippen LogP) is 1.67. The molecule has 0 aromatic heterocycles. The molecule has 0 spiro atoms. The van der Waals surface area contributed by atoms with Crippen molar-refractivity contribution >= 4 is 6.29 Å². The molecule has 0 radical (unpaired) electrons. The second kappa shape index (κ2) is 5.45. The number of benzene rings is 1. The van der Waals surface area contributed by atoms with Crippen molar-refractivity contribution in [3.63, 3.8) is 0 Å². The van der Waals surface area contributed by atoms with E-state index in [-0.39, 0.29) is 12.7 Å². The first kappa shape index (κ1) is 10.9. The average Bonchev–Trinajstić information content (AvgIpc) is 2.83. The Hall–Kier alpha value is -1.63. The van der Waals surface area contributed by atoms with Gasteiger partial charge in [-0.05, 0) is 6.07 Å². The minimum Gasteiger partial charge on any atom is -0.346 e. The SMILES string of the molecule is O=CCC#Cc1ccccc1C1OCCO1. The van der Waals surface area contributed by atoms with Crippen molar-refractivity contribution in [2.75, 3.05) is 13.2 Å². The Labute approximate surface area is 94.4 Å². The molecular weight excluding hydrogens is 204 g/mol. The number of aldehydes is 1. The topological polar surface area (TPSA) is 35.5 Å². The Bertz CT molecular complexity index is 422. The summed E-state index contributed by atoms with van der Waals surface area (Å²) in [6.45, 7) is 1.22. The molecule has 1 aliphatic heterocycles. The normalized spacial score (nSPS) is 15.5. The van der Waals surface area contributed by atoms with Gasteiger partial charge in [0.05, 0.1) is 19.6 Å². The largest absolute Gasteiger partial charge is 0.346 e. The highest BCUT2D eigenvalue weighted by molar-refractivity contribution is 5.55. The summed E-state index contributed by atoms with van der Waals surface area (Å²) < 4.78 is 10.9. The highest BCUT2D eigenvalue weighted by Crippen LogP contribution is 2.25. The Morgan fingerprint density at radius 2 is 2.06 bits per heavy atom. The second-order valence-corrected chi connectivity index (χ2v) is 3.33. The van der Waals surface area contributed by atoms with Crippen LogP contribution in [-0.2, 0) is 14.3 Å². The molecule has 2 rings (SSSR count). The van der Waals surface area contributed by atoms with Gasteiger partial charge >= 0.3 is 0 Å². The Balaban J connectivity index is 2.23. The predicted molar refractivity (Wildman–Crippen MR) is 58.6 cm³/mol. The van der Waals surface area contributed by atoms with Crippen LogP contribution < -0.4 is 0 Å². The Morgan fingerprint density at radius 1 is 1.31 bits per heavy atom. The number of hydrogen-bond donors (Lipinski definition) is 0. The molecule has 1 aliphatic rings. The van der Waals surface area contributed by atoms with Crippen molar-refractivity contribution in [2.24, 2.45) is 0 Å². The molecule has 1 saturated heterocycles. The standard InChI is InChI=1S/C13H12O3/c14-8-4-3-6-11-5-1-2-7-12(11)13-15-9-10-16-13/h1-2,5,7-8,13H,4,9-10H2. The van der Waals surface area contributed by atoms with Crippen LogP contribution in [0.15, 0.2) is 24.3 Å². The summed E-state index contributed by atoms with van der Waals surface area (Å²) >= 11 is 0. The molecule has 0 aliphatic carbocycles. The molecule has 3 nitrogen and oxygen atoms in total. The molecular formula is C13H12O3. The van der Waals surface area contributed by atoms with Gasteiger partial charge in [-0.25, -0.2) is 0 Å². The van der Waals surface area contributed by atoms with Gasteiger partial charge in [-0.15, -0.1) is 0 Å². The second-order valence-electron chi connectivity index (χ2n) is 3.33. The van der Waals surface area contributed by atoms with Crippen LogP contribution in [0.2, 0.25) is 0 Å². The van der Waals surface area contributed by atoms with Crippen LogP contribution in [0.3, 0.4) is 0 Å². The number of carbonyl (C=O) groups excluding carboxylic acids is 1. The molecule has 0 atom stereocenters. The molecule has 1 fully saturated rings. The van der Waals surface area contributed by atoms with E-state index in [9.17, 15) is 4.79 Å². The molecule has 1 heterocycles. The van der Waals surface area contributed by atoms with Crippen molar-refractivity contribution < 1.29 is 14.3 Å². The molecule has 82 valence electrons. The molecule has 3 heteroatoms. The summed E-state index contributed by atoms with van der Waals surface area (Å²) in [6.07, 6.45) is 0.723. The summed E-state index contributed by atoms with van der Waals surface area (Å²) in [5, 5.41) is 0. The van der Waals surface area contributed by atoms with Crippen LogP contribution in [-0.4, -0.2) is 19.5 Å². The monoisotopic (exact) mass is 216 g/mol. The van der Waals surface area contributed by atoms with E-state index >= 15 is 0 Å². The van der Waals surface area contributed by atoms with Gasteiger partial charge in [0, 0.05) is 11.1 Å². The zero-order valence-electron chi connectivity index (χ0n) is 8.81.